The van der Waals surface area contributed by atoms with Gasteiger partial charge in [-0.1, -0.05) is 43.1 Å². The van der Waals surface area contributed by atoms with Crippen molar-refractivity contribution < 1.29 is 9.59 Å². The van der Waals surface area contributed by atoms with Crippen molar-refractivity contribution in [2.24, 2.45) is 5.92 Å². The van der Waals surface area contributed by atoms with Gasteiger partial charge in [0.1, 0.15) is 10.5 Å². The smallest absolute Gasteiger partial charge is 0.323 e. The zero-order chi connectivity index (χ0) is 19.0. The molecule has 2 heterocycles. The summed E-state index contributed by atoms with van der Waals surface area (Å²) in [5, 5.41) is 6.29. The number of carbonyl (C=O) groups excluding carboxylic acids is 2. The number of hydrogen-bond donors (Lipinski definition) is 1. The SMILES string of the molecule is CCC1CCC2(CC1)NC(=O)N(Cc1csc(-c3ccccc3Cl)n1)C2=O. The minimum Gasteiger partial charge on any atom is -0.323 e. The molecule has 1 aliphatic heterocycles. The van der Waals surface area contributed by atoms with Gasteiger partial charge in [-0.15, -0.1) is 11.3 Å². The lowest BCUT2D eigenvalue weighted by atomic mass is 9.75. The highest BCUT2D eigenvalue weighted by molar-refractivity contribution is 7.13. The number of aromatic nitrogens is 1. The van der Waals surface area contributed by atoms with E-state index in [1.807, 2.05) is 29.6 Å². The molecule has 1 spiro atoms. The summed E-state index contributed by atoms with van der Waals surface area (Å²) in [4.78, 5) is 31.4. The second-order valence-corrected chi connectivity index (χ2v) is 8.64. The number of halogens is 1. The van der Waals surface area contributed by atoms with Gasteiger partial charge in [0.05, 0.1) is 17.3 Å². The van der Waals surface area contributed by atoms with Gasteiger partial charge in [-0.25, -0.2) is 9.78 Å². The van der Waals surface area contributed by atoms with Gasteiger partial charge in [0.2, 0.25) is 0 Å². The quantitative estimate of drug-likeness (QED) is 0.742. The zero-order valence-electron chi connectivity index (χ0n) is 15.2. The van der Waals surface area contributed by atoms with Crippen LogP contribution in [0.4, 0.5) is 4.79 Å². The van der Waals surface area contributed by atoms with E-state index in [0.29, 0.717) is 16.6 Å². The molecule has 3 amide bonds. The van der Waals surface area contributed by atoms with Crippen molar-refractivity contribution >= 4 is 34.9 Å². The minimum absolute atomic E-state index is 0.102. The Bertz CT molecular complexity index is 874. The van der Waals surface area contributed by atoms with Crippen LogP contribution in [0.2, 0.25) is 5.02 Å². The Morgan fingerprint density at radius 2 is 2.04 bits per heavy atom. The fourth-order valence-corrected chi connectivity index (χ4v) is 5.17. The van der Waals surface area contributed by atoms with Gasteiger partial charge >= 0.3 is 6.03 Å². The Morgan fingerprint density at radius 3 is 2.74 bits per heavy atom. The van der Waals surface area contributed by atoms with Crippen LogP contribution in [-0.4, -0.2) is 27.4 Å². The lowest BCUT2D eigenvalue weighted by molar-refractivity contribution is -0.133. The maximum absolute atomic E-state index is 13.0. The third-order valence-corrected chi connectivity index (χ3v) is 7.01. The topological polar surface area (TPSA) is 62.3 Å². The summed E-state index contributed by atoms with van der Waals surface area (Å²) >= 11 is 7.71. The number of amides is 3. The molecular formula is C20H22ClN3O2S. The van der Waals surface area contributed by atoms with Crippen molar-refractivity contribution in [1.29, 1.82) is 0 Å². The van der Waals surface area contributed by atoms with Crippen molar-refractivity contribution in [3.63, 3.8) is 0 Å². The first-order valence-corrected chi connectivity index (χ1v) is 10.6. The summed E-state index contributed by atoms with van der Waals surface area (Å²) in [7, 11) is 0. The van der Waals surface area contributed by atoms with E-state index in [4.69, 9.17) is 11.6 Å². The number of carbonyl (C=O) groups is 2. The number of thiazole rings is 1. The molecule has 1 saturated carbocycles. The Labute approximate surface area is 167 Å². The molecule has 2 aliphatic rings. The van der Waals surface area contributed by atoms with Crippen LogP contribution in [0.25, 0.3) is 10.6 Å². The van der Waals surface area contributed by atoms with Gasteiger partial charge in [0.15, 0.2) is 0 Å². The van der Waals surface area contributed by atoms with E-state index in [1.54, 1.807) is 0 Å². The van der Waals surface area contributed by atoms with E-state index in [-0.39, 0.29) is 18.5 Å². The lowest BCUT2D eigenvalue weighted by Gasteiger charge is -2.34. The molecule has 0 unspecified atom stereocenters. The van der Waals surface area contributed by atoms with Crippen LogP contribution in [-0.2, 0) is 11.3 Å². The summed E-state index contributed by atoms with van der Waals surface area (Å²) in [6, 6.07) is 7.23. The number of rotatable bonds is 4. The molecule has 1 saturated heterocycles. The molecule has 0 radical (unpaired) electrons. The molecule has 2 aromatic rings. The van der Waals surface area contributed by atoms with Gasteiger partial charge in [0, 0.05) is 10.9 Å². The minimum atomic E-state index is -0.704. The lowest BCUT2D eigenvalue weighted by Crippen LogP contribution is -2.49. The van der Waals surface area contributed by atoms with Crippen LogP contribution in [0.3, 0.4) is 0 Å². The average Bonchev–Trinajstić information content (AvgIpc) is 3.22. The number of hydrogen-bond acceptors (Lipinski definition) is 4. The van der Waals surface area contributed by atoms with Gasteiger partial charge in [-0.3, -0.25) is 9.69 Å². The highest BCUT2D eigenvalue weighted by Crippen LogP contribution is 2.38. The first kappa shape index (κ1) is 18.4. The summed E-state index contributed by atoms with van der Waals surface area (Å²) in [6.07, 6.45) is 4.57. The number of imide groups is 1. The molecule has 1 aliphatic carbocycles. The summed E-state index contributed by atoms with van der Waals surface area (Å²) in [5.41, 5.74) is 0.865. The fraction of sp³-hybridized carbons (Fsp3) is 0.450. The second-order valence-electron chi connectivity index (χ2n) is 7.38. The van der Waals surface area contributed by atoms with Crippen LogP contribution in [0.15, 0.2) is 29.6 Å². The monoisotopic (exact) mass is 403 g/mol. The van der Waals surface area contributed by atoms with E-state index in [1.165, 1.54) is 16.2 Å². The molecule has 7 heteroatoms. The fourth-order valence-electron chi connectivity index (χ4n) is 4.04. The van der Waals surface area contributed by atoms with Gasteiger partial charge in [-0.05, 0) is 37.7 Å². The maximum atomic E-state index is 13.0. The van der Waals surface area contributed by atoms with Gasteiger partial charge in [0.25, 0.3) is 5.91 Å². The largest absolute Gasteiger partial charge is 0.325 e. The standard InChI is InChI=1S/C20H22ClN3O2S/c1-2-13-7-9-20(10-8-13)18(25)24(19(26)23-20)11-14-12-27-17(22-14)15-5-3-4-6-16(15)21/h3-6,12-13H,2,7-11H2,1H3,(H,23,26). The first-order chi connectivity index (χ1) is 13.0. The predicted octanol–water partition coefficient (Wildman–Crippen LogP) is 4.85. The Hall–Kier alpha value is -1.92. The van der Waals surface area contributed by atoms with Crippen molar-refractivity contribution in [3.05, 3.63) is 40.4 Å². The summed E-state index contributed by atoms with van der Waals surface area (Å²) in [5.74, 6) is 0.556. The van der Waals surface area contributed by atoms with E-state index < -0.39 is 5.54 Å². The third-order valence-electron chi connectivity index (χ3n) is 5.76. The molecule has 1 aromatic carbocycles. The molecule has 27 heavy (non-hydrogen) atoms. The molecule has 0 atom stereocenters. The van der Waals surface area contributed by atoms with Gasteiger partial charge < -0.3 is 5.32 Å². The van der Waals surface area contributed by atoms with E-state index in [2.05, 4.69) is 17.2 Å². The molecule has 1 aromatic heterocycles. The van der Waals surface area contributed by atoms with Crippen molar-refractivity contribution in [3.8, 4) is 10.6 Å². The van der Waals surface area contributed by atoms with Crippen LogP contribution in [0.1, 0.15) is 44.7 Å². The maximum Gasteiger partial charge on any atom is 0.325 e. The van der Waals surface area contributed by atoms with Crippen LogP contribution < -0.4 is 5.32 Å². The number of benzene rings is 1. The van der Waals surface area contributed by atoms with Crippen molar-refractivity contribution in [2.75, 3.05) is 0 Å². The number of urea groups is 1. The molecule has 5 nitrogen and oxygen atoms in total. The van der Waals surface area contributed by atoms with E-state index >= 15 is 0 Å². The number of nitrogens with zero attached hydrogens (tertiary/aromatic N) is 2. The normalized spacial score (nSPS) is 25.3. The van der Waals surface area contributed by atoms with Crippen LogP contribution in [0.5, 0.6) is 0 Å². The molecule has 2 fully saturated rings. The summed E-state index contributed by atoms with van der Waals surface area (Å²) in [6.45, 7) is 2.38. The molecule has 142 valence electrons. The highest BCUT2D eigenvalue weighted by atomic mass is 35.5. The van der Waals surface area contributed by atoms with E-state index in [9.17, 15) is 9.59 Å². The zero-order valence-corrected chi connectivity index (χ0v) is 16.8. The Kier molecular flexibility index (Phi) is 4.95. The Balaban J connectivity index is 1.50. The average molecular weight is 404 g/mol. The van der Waals surface area contributed by atoms with Crippen LogP contribution in [0, 0.1) is 5.92 Å². The second kappa shape index (κ2) is 7.24. The van der Waals surface area contributed by atoms with Crippen molar-refractivity contribution in [1.82, 2.24) is 15.2 Å². The molecule has 4 rings (SSSR count). The number of nitrogens with one attached hydrogen (secondary N) is 1. The Morgan fingerprint density at radius 1 is 1.30 bits per heavy atom. The van der Waals surface area contributed by atoms with E-state index in [0.717, 1.165) is 42.7 Å². The highest BCUT2D eigenvalue weighted by Gasteiger charge is 2.52. The predicted molar refractivity (Wildman–Crippen MR) is 107 cm³/mol. The molecule has 0 bridgehead atoms. The van der Waals surface area contributed by atoms with Crippen molar-refractivity contribution in [2.45, 2.75) is 51.1 Å². The summed E-state index contributed by atoms with van der Waals surface area (Å²) < 4.78 is 0. The van der Waals surface area contributed by atoms with Crippen LogP contribution >= 0.6 is 22.9 Å². The molecular weight excluding hydrogens is 382 g/mol. The van der Waals surface area contributed by atoms with Gasteiger partial charge in [-0.2, -0.15) is 0 Å². The third kappa shape index (κ3) is 3.36. The first-order valence-electron chi connectivity index (χ1n) is 9.36. The molecule has 1 N–H and O–H groups in total.